The van der Waals surface area contributed by atoms with Gasteiger partial charge in [0.25, 0.3) is 17.4 Å². The van der Waals surface area contributed by atoms with Crippen molar-refractivity contribution < 1.29 is 68.1 Å². The number of benzene rings is 4. The minimum absolute atomic E-state index is 0.0203. The lowest BCUT2D eigenvalue weighted by atomic mass is 9.55. The number of fused-ring (bicyclic) bond motifs is 4. The Hall–Kier alpha value is -11.9. The van der Waals surface area contributed by atoms with Crippen LogP contribution in [0.25, 0.3) is 33.0 Å². The van der Waals surface area contributed by atoms with Crippen LogP contribution in [-0.2, 0) is 51.9 Å². The monoisotopic (exact) mass is 1430 g/mol. The fourth-order valence-corrected chi connectivity index (χ4v) is 14.8. The molecule has 3 unspecified atom stereocenters. The van der Waals surface area contributed by atoms with Gasteiger partial charge in [-0.1, -0.05) is 51.9 Å². The first-order valence-electron chi connectivity index (χ1n) is 32.2. The van der Waals surface area contributed by atoms with Gasteiger partial charge < -0.3 is 78.9 Å². The number of carbonyl (C=O) groups excluding carboxylic acids is 8. The van der Waals surface area contributed by atoms with E-state index in [1.165, 1.54) is 30.5 Å². The van der Waals surface area contributed by atoms with Crippen molar-refractivity contribution in [1.29, 1.82) is 5.41 Å². The second-order valence-corrected chi connectivity index (χ2v) is 27.3. The van der Waals surface area contributed by atoms with Crippen molar-refractivity contribution >= 4 is 143 Å². The summed E-state index contributed by atoms with van der Waals surface area (Å²) in [6.07, 6.45) is 2.70. The van der Waals surface area contributed by atoms with Gasteiger partial charge in [-0.3, -0.25) is 58.3 Å². The number of aromatic nitrogens is 6. The topological polar surface area (TPSA) is 515 Å². The van der Waals surface area contributed by atoms with Crippen LogP contribution in [0.3, 0.4) is 0 Å². The molecule has 102 heavy (non-hydrogen) atoms. The quantitative estimate of drug-likeness (QED) is 0.00936. The van der Waals surface area contributed by atoms with Crippen molar-refractivity contribution in [2.45, 2.75) is 93.9 Å². The van der Waals surface area contributed by atoms with Crippen LogP contribution >= 0.6 is 21.6 Å². The van der Waals surface area contributed by atoms with E-state index >= 15 is 0 Å². The van der Waals surface area contributed by atoms with Crippen molar-refractivity contribution in [2.75, 3.05) is 41.0 Å². The number of aromatic amines is 3. The smallest absolute Gasteiger partial charge is 0.327 e. The lowest BCUT2D eigenvalue weighted by Gasteiger charge is -2.47. The number of ketones is 2. The number of nitrogens with one attached hydrogen (secondary N) is 11. The summed E-state index contributed by atoms with van der Waals surface area (Å²) in [5.41, 5.74) is 16.7. The van der Waals surface area contributed by atoms with Gasteiger partial charge in [0.1, 0.15) is 29.9 Å². The highest BCUT2D eigenvalue weighted by Gasteiger charge is 2.61. The van der Waals surface area contributed by atoms with Crippen molar-refractivity contribution in [1.82, 2.24) is 61.4 Å². The molecule has 1 spiro atoms. The number of Topliss-reactive ketones (excluding diaryl/α,β-unsaturated/α-hetero) is 1. The molecule has 11 rings (SSSR count). The number of hydrogen-bond acceptors (Lipinski definition) is 20. The number of anilines is 3. The molecule has 3 aliphatic rings. The molecule has 1 saturated heterocycles. The van der Waals surface area contributed by atoms with Crippen molar-refractivity contribution in [3.8, 4) is 0 Å². The fraction of sp³-hybridized carbons (Fsp3) is 0.294. The van der Waals surface area contributed by atoms with Gasteiger partial charge in [-0.05, 0) is 116 Å². The molecule has 5 heterocycles. The van der Waals surface area contributed by atoms with Gasteiger partial charge in [0, 0.05) is 105 Å². The summed E-state index contributed by atoms with van der Waals surface area (Å²) in [5.74, 6) is -9.82. The summed E-state index contributed by atoms with van der Waals surface area (Å²) >= 11 is 0. The summed E-state index contributed by atoms with van der Waals surface area (Å²) in [5, 5.41) is 56.4. The molecular formula is C68H69N17O15S2. The van der Waals surface area contributed by atoms with Gasteiger partial charge in [0.05, 0.1) is 30.6 Å². The molecule has 6 amide bonds. The highest BCUT2D eigenvalue weighted by Crippen LogP contribution is 2.61. The summed E-state index contributed by atoms with van der Waals surface area (Å²) in [6.45, 7) is 0.656. The van der Waals surface area contributed by atoms with Crippen molar-refractivity contribution in [3.05, 3.63) is 165 Å². The second-order valence-electron chi connectivity index (χ2n) is 24.6. The average Bonchev–Trinajstić information content (AvgIpc) is 1.50. The van der Waals surface area contributed by atoms with Crippen LogP contribution in [0.2, 0.25) is 0 Å². The number of carbonyl (C=O) groups is 11. The molecule has 2 fully saturated rings. The normalized spacial score (nSPS) is 16.2. The highest BCUT2D eigenvalue weighted by atomic mass is 33.1. The molecule has 1 aliphatic heterocycles. The Labute approximate surface area is 586 Å². The number of H-pyrrole nitrogens is 3. The number of carboxylic acid groups (broad SMARTS) is 3. The van der Waals surface area contributed by atoms with E-state index < -0.39 is 96.5 Å². The maximum absolute atomic E-state index is 14.2. The minimum atomic E-state index is -1.87. The number of nitrogens with two attached hydrogens (primary N) is 2. The zero-order valence-electron chi connectivity index (χ0n) is 54.2. The van der Waals surface area contributed by atoms with Gasteiger partial charge >= 0.3 is 17.9 Å². The SMILES string of the molecule is N=C(N)NCCC[C@@H](NC(=O)CC[C@@H](NC(=O)c1ccc(NCc2cnc3nc(N)[nH]c(=O)c3n2)cc1)C(=O)O)C(=O)N[C@H](CC(=O)O)C(=O)NC(CSSCCC(=O)Nc1ccc2[nH]c(C(=O)Cc3ccc4[nH]c(C(=O)N5CC6CCC67C5=CC(=O)c5ccccc57)cc4c3)cc2c1)C(=O)O. The Bertz CT molecular complexity index is 4810. The standard InChI is InChI=1S/C68H69N17O15S2/c69-66(70)72-20-3-6-45(79-54(88)16-15-46(64(97)98)80-59(92)34-8-10-38(11-9-34)73-29-40-30-74-58-57(76-40)62(95)84-67(71)83-58)60(93)81-48(27-56(90)91)61(94)82-50(65(99)100)32-102-101-21-18-55(89)75-39-12-14-44-36(24-39)25-47(77-44)52(87)23-33-7-13-43-35(22-33)26-49(78-43)63(96)85-31-37-17-19-68(37)42-5-2-1-4-41(42)51(86)28-53(68)85/h1-2,4-5,7-14,22,24-26,28,30,37,45-46,48,50,73,77-78H,3,6,15-21,23,27,29,31-32H2,(H,75,89)(H,79,88)(H,80,92)(H,81,93)(H,82,94)(H,90,91)(H,97,98)(H,99,100)(H4,69,70,72)(H3,71,74,83,84,95)/t37?,45-,46-,48-,50?,68?/m1/s1. The van der Waals surface area contributed by atoms with E-state index in [0.29, 0.717) is 51.5 Å². The van der Waals surface area contributed by atoms with E-state index in [1.54, 1.807) is 41.3 Å². The first-order valence-corrected chi connectivity index (χ1v) is 34.7. The molecule has 528 valence electrons. The van der Waals surface area contributed by atoms with Crippen LogP contribution in [0.1, 0.15) is 110 Å². The van der Waals surface area contributed by atoms with Gasteiger partial charge in [-0.2, -0.15) is 4.98 Å². The first kappa shape index (κ1) is 71.3. The van der Waals surface area contributed by atoms with Crippen molar-refractivity contribution in [3.63, 3.8) is 0 Å². The number of nitrogen functional groups attached to an aromatic ring is 1. The van der Waals surface area contributed by atoms with Gasteiger partial charge in [-0.15, -0.1) is 0 Å². The summed E-state index contributed by atoms with van der Waals surface area (Å²) in [7, 11) is 2.11. The molecule has 18 N–H and O–H groups in total. The maximum atomic E-state index is 14.2. The number of carboxylic acids is 3. The van der Waals surface area contributed by atoms with Gasteiger partial charge in [0.15, 0.2) is 28.7 Å². The number of likely N-dealkylation sites (tertiary alicyclic amines) is 1. The number of amides is 6. The number of nitrogens with zero attached hydrogens (tertiary/aromatic N) is 4. The summed E-state index contributed by atoms with van der Waals surface area (Å²) in [4.78, 5) is 180. The molecular weight excluding hydrogens is 1360 g/mol. The van der Waals surface area contributed by atoms with Crippen LogP contribution in [0.15, 0.2) is 120 Å². The van der Waals surface area contributed by atoms with Crippen LogP contribution < -0.4 is 54.2 Å². The largest absolute Gasteiger partial charge is 0.481 e. The van der Waals surface area contributed by atoms with Gasteiger partial charge in [-0.25, -0.2) is 19.6 Å². The molecule has 0 radical (unpaired) electrons. The Morgan fingerprint density at radius 1 is 0.735 bits per heavy atom. The number of aliphatic carboxylic acids is 3. The highest BCUT2D eigenvalue weighted by molar-refractivity contribution is 8.76. The van der Waals surface area contributed by atoms with E-state index in [4.69, 9.17) is 16.9 Å². The lowest BCUT2D eigenvalue weighted by Crippen LogP contribution is -2.56. The third-order valence-corrected chi connectivity index (χ3v) is 20.2. The summed E-state index contributed by atoms with van der Waals surface area (Å²) in [6, 6.07) is 21.0. The molecule has 32 nitrogen and oxygen atoms in total. The number of rotatable bonds is 32. The third-order valence-electron chi connectivity index (χ3n) is 17.8. The van der Waals surface area contributed by atoms with Crippen LogP contribution in [0, 0.1) is 11.3 Å². The number of hydrogen-bond donors (Lipinski definition) is 16. The van der Waals surface area contributed by atoms with Crippen LogP contribution in [0.4, 0.5) is 17.3 Å². The molecule has 6 atom stereocenters. The Morgan fingerprint density at radius 2 is 1.44 bits per heavy atom. The zero-order chi connectivity index (χ0) is 72.5. The predicted molar refractivity (Wildman–Crippen MR) is 376 cm³/mol. The van der Waals surface area contributed by atoms with Crippen molar-refractivity contribution in [2.24, 2.45) is 11.7 Å². The third kappa shape index (κ3) is 16.5. The lowest BCUT2D eigenvalue weighted by molar-refractivity contribution is -0.143. The van der Waals surface area contributed by atoms with Gasteiger partial charge in [0.2, 0.25) is 29.6 Å². The fourth-order valence-electron chi connectivity index (χ4n) is 12.6. The molecule has 34 heteroatoms. The number of guanidine groups is 1. The predicted octanol–water partition coefficient (Wildman–Crippen LogP) is 3.83. The number of allylic oxidation sites excluding steroid dienone is 2. The van der Waals surface area contributed by atoms with E-state index in [-0.39, 0.29) is 108 Å². The summed E-state index contributed by atoms with van der Waals surface area (Å²) < 4.78 is 0. The average molecular weight is 1430 g/mol. The molecule has 2 aliphatic carbocycles. The second kappa shape index (κ2) is 31.1. The Morgan fingerprint density at radius 3 is 2.18 bits per heavy atom. The first-order chi connectivity index (χ1) is 48.9. The molecule has 1 saturated carbocycles. The minimum Gasteiger partial charge on any atom is -0.481 e. The molecule has 4 aromatic heterocycles. The molecule has 4 aromatic carbocycles. The zero-order valence-corrected chi connectivity index (χ0v) is 55.8. The molecule has 8 aromatic rings. The van der Waals surface area contributed by atoms with E-state index in [9.17, 15) is 72.9 Å². The van der Waals surface area contributed by atoms with Crippen LogP contribution in [0.5, 0.6) is 0 Å². The Balaban J connectivity index is 0.619. The van der Waals surface area contributed by atoms with E-state index in [2.05, 4.69) is 67.1 Å². The van der Waals surface area contributed by atoms with Crippen LogP contribution in [-0.4, -0.2) is 170 Å². The Kier molecular flexibility index (Phi) is 21.7. The van der Waals surface area contributed by atoms with E-state index in [1.807, 2.05) is 42.5 Å². The molecule has 0 bridgehead atoms. The van der Waals surface area contributed by atoms with E-state index in [0.717, 1.165) is 62.2 Å². The maximum Gasteiger partial charge on any atom is 0.327 e.